The van der Waals surface area contributed by atoms with Gasteiger partial charge in [0.05, 0.1) is 12.8 Å². The van der Waals surface area contributed by atoms with Gasteiger partial charge in [-0.15, -0.1) is 27.8 Å². The zero-order valence-corrected chi connectivity index (χ0v) is 16.5. The van der Waals surface area contributed by atoms with E-state index in [0.717, 1.165) is 45.2 Å². The third-order valence-corrected chi connectivity index (χ3v) is 6.37. The quantitative estimate of drug-likeness (QED) is 0.448. The summed E-state index contributed by atoms with van der Waals surface area (Å²) in [6.07, 6.45) is 0.795. The third-order valence-electron chi connectivity index (χ3n) is 3.67. The number of nitrogens with one attached hydrogen (secondary N) is 1. The van der Waals surface area contributed by atoms with Crippen molar-refractivity contribution in [3.63, 3.8) is 0 Å². The second-order valence-corrected chi connectivity index (χ2v) is 8.31. The molecule has 0 aliphatic rings. The van der Waals surface area contributed by atoms with Crippen molar-refractivity contribution in [3.8, 4) is 16.3 Å². The molecule has 4 rings (SSSR count). The van der Waals surface area contributed by atoms with E-state index in [1.54, 1.807) is 41.5 Å². The van der Waals surface area contributed by atoms with Crippen molar-refractivity contribution >= 4 is 34.4 Å². The average Bonchev–Trinajstić information content (AvgIpc) is 3.43. The highest BCUT2D eigenvalue weighted by molar-refractivity contribution is 7.98. The molecule has 0 aliphatic heterocycles. The molecule has 132 valence electrons. The molecule has 26 heavy (non-hydrogen) atoms. The summed E-state index contributed by atoms with van der Waals surface area (Å²) < 4.78 is 5.20. The number of thiophene rings is 1. The van der Waals surface area contributed by atoms with Crippen LogP contribution in [0.5, 0.6) is 5.75 Å². The molecule has 0 bridgehead atoms. The molecule has 0 unspecified atom stereocenters. The molecule has 1 aromatic carbocycles. The number of rotatable bonds is 7. The second-order valence-electron chi connectivity index (χ2n) is 5.48. The zero-order valence-electron chi connectivity index (χ0n) is 14.0. The monoisotopic (exact) mass is 400 g/mol. The largest absolute Gasteiger partial charge is 0.497 e. The van der Waals surface area contributed by atoms with Gasteiger partial charge >= 0.3 is 0 Å². The van der Waals surface area contributed by atoms with Gasteiger partial charge in [-0.25, -0.2) is 9.97 Å². The van der Waals surface area contributed by atoms with Crippen LogP contribution in [0.3, 0.4) is 0 Å². The highest BCUT2D eigenvalue weighted by Gasteiger charge is 2.09. The molecule has 0 saturated heterocycles. The number of H-pyrrole nitrogens is 1. The first-order valence-corrected chi connectivity index (χ1v) is 10.7. The van der Waals surface area contributed by atoms with Crippen molar-refractivity contribution in [2.45, 2.75) is 17.3 Å². The zero-order chi connectivity index (χ0) is 17.8. The van der Waals surface area contributed by atoms with Crippen molar-refractivity contribution in [3.05, 3.63) is 63.6 Å². The maximum absolute atomic E-state index is 5.20. The highest BCUT2D eigenvalue weighted by atomic mass is 32.2. The van der Waals surface area contributed by atoms with E-state index in [2.05, 4.69) is 38.1 Å². The smallest absolute Gasteiger partial charge is 0.208 e. The Labute approximate surface area is 163 Å². The van der Waals surface area contributed by atoms with Crippen LogP contribution in [-0.4, -0.2) is 27.3 Å². The number of aromatic nitrogens is 4. The van der Waals surface area contributed by atoms with Crippen molar-refractivity contribution in [2.75, 3.05) is 7.11 Å². The van der Waals surface area contributed by atoms with Crippen molar-refractivity contribution < 1.29 is 4.74 Å². The normalized spacial score (nSPS) is 11.0. The summed E-state index contributed by atoms with van der Waals surface area (Å²) >= 11 is 4.97. The first-order valence-electron chi connectivity index (χ1n) is 7.95. The maximum atomic E-state index is 5.20. The topological polar surface area (TPSA) is 63.7 Å². The van der Waals surface area contributed by atoms with Crippen LogP contribution in [0, 0.1) is 0 Å². The second kappa shape index (κ2) is 8.03. The molecule has 4 aromatic rings. The Morgan fingerprint density at radius 1 is 1.12 bits per heavy atom. The van der Waals surface area contributed by atoms with Crippen LogP contribution < -0.4 is 4.74 Å². The first kappa shape index (κ1) is 17.3. The average molecular weight is 401 g/mol. The summed E-state index contributed by atoms with van der Waals surface area (Å²) in [7, 11) is 1.67. The van der Waals surface area contributed by atoms with Gasteiger partial charge in [0.2, 0.25) is 5.16 Å². The predicted octanol–water partition coefficient (Wildman–Crippen LogP) is 4.88. The Kier molecular flexibility index (Phi) is 5.33. The number of aromatic amines is 1. The Morgan fingerprint density at radius 3 is 2.77 bits per heavy atom. The lowest BCUT2D eigenvalue weighted by Crippen LogP contribution is -1.87. The molecule has 0 fully saturated rings. The number of ether oxygens (including phenoxy) is 1. The molecule has 0 amide bonds. The standard InChI is InChI=1S/C18H16N4OS3/c1-23-14-6-4-12(5-7-14)17-19-13(10-25-17)11-26-18-20-16(21-22-18)9-15-3-2-8-24-15/h2-8,10H,9,11H2,1H3,(H,20,21,22). The minimum Gasteiger partial charge on any atom is -0.497 e. The number of nitrogens with zero attached hydrogens (tertiary/aromatic N) is 3. The SMILES string of the molecule is COc1ccc(-c2nc(CSc3n[nH]c(Cc4cccs4)n3)cs2)cc1. The molecular formula is C18H16N4OS3. The number of hydrogen-bond acceptors (Lipinski definition) is 7. The van der Waals surface area contributed by atoms with Gasteiger partial charge in [-0.05, 0) is 35.7 Å². The van der Waals surface area contributed by atoms with Crippen molar-refractivity contribution in [2.24, 2.45) is 0 Å². The van der Waals surface area contributed by atoms with Gasteiger partial charge in [0.25, 0.3) is 0 Å². The van der Waals surface area contributed by atoms with E-state index in [4.69, 9.17) is 9.72 Å². The van der Waals surface area contributed by atoms with Crippen LogP contribution in [0.4, 0.5) is 0 Å². The summed E-state index contributed by atoms with van der Waals surface area (Å²) in [6, 6.07) is 12.1. The van der Waals surface area contributed by atoms with Crippen LogP contribution in [0.1, 0.15) is 16.4 Å². The summed E-state index contributed by atoms with van der Waals surface area (Å²) in [4.78, 5) is 10.5. The first-order chi connectivity index (χ1) is 12.8. The Bertz CT molecular complexity index is 961. The predicted molar refractivity (Wildman–Crippen MR) is 107 cm³/mol. The molecule has 0 saturated carbocycles. The number of thioether (sulfide) groups is 1. The Hall–Kier alpha value is -2.16. The van der Waals surface area contributed by atoms with E-state index in [1.807, 2.05) is 24.3 Å². The molecule has 8 heteroatoms. The summed E-state index contributed by atoms with van der Waals surface area (Å²) in [6.45, 7) is 0. The van der Waals surface area contributed by atoms with Gasteiger partial charge in [-0.2, -0.15) is 0 Å². The lowest BCUT2D eigenvalue weighted by Gasteiger charge is -2.00. The fourth-order valence-electron chi connectivity index (χ4n) is 2.38. The maximum Gasteiger partial charge on any atom is 0.208 e. The van der Waals surface area contributed by atoms with Gasteiger partial charge in [0, 0.05) is 28.0 Å². The van der Waals surface area contributed by atoms with Crippen LogP contribution in [-0.2, 0) is 12.2 Å². The molecule has 0 spiro atoms. The summed E-state index contributed by atoms with van der Waals surface area (Å²) in [5, 5.41) is 13.2. The summed E-state index contributed by atoms with van der Waals surface area (Å²) in [5.41, 5.74) is 2.14. The molecule has 1 N–H and O–H groups in total. The molecule has 5 nitrogen and oxygen atoms in total. The van der Waals surface area contributed by atoms with Gasteiger partial charge in [-0.1, -0.05) is 17.8 Å². The van der Waals surface area contributed by atoms with E-state index in [9.17, 15) is 0 Å². The third kappa shape index (κ3) is 4.14. The fraction of sp³-hybridized carbons (Fsp3) is 0.167. The van der Waals surface area contributed by atoms with E-state index >= 15 is 0 Å². The lowest BCUT2D eigenvalue weighted by molar-refractivity contribution is 0.415. The van der Waals surface area contributed by atoms with E-state index in [-0.39, 0.29) is 0 Å². The van der Waals surface area contributed by atoms with Crippen LogP contribution in [0.15, 0.2) is 52.3 Å². The minimum atomic E-state index is 0.753. The van der Waals surface area contributed by atoms with E-state index < -0.39 is 0 Å². The van der Waals surface area contributed by atoms with Gasteiger partial charge in [0.15, 0.2) is 0 Å². The lowest BCUT2D eigenvalue weighted by atomic mass is 10.2. The molecule has 0 radical (unpaired) electrons. The summed E-state index contributed by atoms with van der Waals surface area (Å²) in [5.74, 6) is 2.50. The van der Waals surface area contributed by atoms with Gasteiger partial charge in [-0.3, -0.25) is 5.10 Å². The number of benzene rings is 1. The van der Waals surface area contributed by atoms with Crippen LogP contribution in [0.2, 0.25) is 0 Å². The van der Waals surface area contributed by atoms with Crippen molar-refractivity contribution in [1.29, 1.82) is 0 Å². The molecule has 0 aliphatic carbocycles. The molecule has 3 heterocycles. The number of methoxy groups -OCH3 is 1. The van der Waals surface area contributed by atoms with Crippen LogP contribution in [0.25, 0.3) is 10.6 Å². The van der Waals surface area contributed by atoms with E-state index in [0.29, 0.717) is 0 Å². The van der Waals surface area contributed by atoms with Gasteiger partial charge < -0.3 is 4.74 Å². The fourth-order valence-corrected chi connectivity index (χ4v) is 4.73. The molecule has 0 atom stereocenters. The molecular weight excluding hydrogens is 384 g/mol. The van der Waals surface area contributed by atoms with Crippen LogP contribution >= 0.6 is 34.4 Å². The number of hydrogen-bond donors (Lipinski definition) is 1. The minimum absolute atomic E-state index is 0.753. The van der Waals surface area contributed by atoms with Gasteiger partial charge in [0.1, 0.15) is 16.6 Å². The molecule has 3 aromatic heterocycles. The number of thiazole rings is 1. The van der Waals surface area contributed by atoms with Crippen molar-refractivity contribution in [1.82, 2.24) is 20.2 Å². The highest BCUT2D eigenvalue weighted by Crippen LogP contribution is 2.28. The Balaban J connectivity index is 1.36. The Morgan fingerprint density at radius 2 is 2.00 bits per heavy atom. The van der Waals surface area contributed by atoms with E-state index in [1.165, 1.54) is 4.88 Å².